The third kappa shape index (κ3) is 2.82. The van der Waals surface area contributed by atoms with E-state index in [9.17, 15) is 14.7 Å². The van der Waals surface area contributed by atoms with Crippen LogP contribution in [0.25, 0.3) is 0 Å². The van der Waals surface area contributed by atoms with Gasteiger partial charge in [0.1, 0.15) is 0 Å². The fourth-order valence-corrected chi connectivity index (χ4v) is 2.42. The molecule has 0 heterocycles. The zero-order valence-electron chi connectivity index (χ0n) is 12.6. The van der Waals surface area contributed by atoms with E-state index in [-0.39, 0.29) is 17.6 Å². The van der Waals surface area contributed by atoms with E-state index in [0.717, 1.165) is 5.56 Å². The standard InChI is InChI=1S/C18H20O3/c1-17(2,3)14-9-7-13(8-10-14)15(19)18(16(20)21)11-5-4-6-12-18/h4-11H,12H2,1-3H3,(H,20,21). The maximum Gasteiger partial charge on any atom is 0.321 e. The molecule has 1 N–H and O–H groups in total. The summed E-state index contributed by atoms with van der Waals surface area (Å²) in [7, 11) is 0. The van der Waals surface area contributed by atoms with Crippen molar-refractivity contribution in [2.24, 2.45) is 5.41 Å². The number of rotatable bonds is 3. The lowest BCUT2D eigenvalue weighted by Crippen LogP contribution is -2.38. The number of hydrogen-bond acceptors (Lipinski definition) is 2. The van der Waals surface area contributed by atoms with Crippen LogP contribution in [0, 0.1) is 5.41 Å². The van der Waals surface area contributed by atoms with Crippen LogP contribution in [0.15, 0.2) is 48.6 Å². The van der Waals surface area contributed by atoms with Crippen molar-refractivity contribution in [2.75, 3.05) is 0 Å². The van der Waals surface area contributed by atoms with Crippen molar-refractivity contribution in [1.29, 1.82) is 0 Å². The van der Waals surface area contributed by atoms with Gasteiger partial charge in [0.25, 0.3) is 0 Å². The van der Waals surface area contributed by atoms with E-state index in [1.807, 2.05) is 12.1 Å². The van der Waals surface area contributed by atoms with Crippen molar-refractivity contribution in [3.05, 3.63) is 59.7 Å². The number of allylic oxidation sites excluding steroid dienone is 3. The summed E-state index contributed by atoms with van der Waals surface area (Å²) >= 11 is 0. The quantitative estimate of drug-likeness (QED) is 0.679. The molecular formula is C18H20O3. The molecule has 0 fully saturated rings. The zero-order chi connectivity index (χ0) is 15.7. The minimum atomic E-state index is -1.47. The number of carbonyl (C=O) groups is 2. The Balaban J connectivity index is 2.37. The van der Waals surface area contributed by atoms with Crippen molar-refractivity contribution < 1.29 is 14.7 Å². The van der Waals surface area contributed by atoms with Crippen molar-refractivity contribution in [3.63, 3.8) is 0 Å². The SMILES string of the molecule is CC(C)(C)c1ccc(C(=O)C2(C(=O)O)C=CC=CC2)cc1. The first-order valence-electron chi connectivity index (χ1n) is 7.00. The molecule has 0 amide bonds. The van der Waals surface area contributed by atoms with Gasteiger partial charge in [0.2, 0.25) is 0 Å². The summed E-state index contributed by atoms with van der Waals surface area (Å²) in [5.41, 5.74) is 0.0743. The predicted octanol–water partition coefficient (Wildman–Crippen LogP) is 3.75. The Kier molecular flexibility index (Phi) is 3.86. The molecular weight excluding hydrogens is 264 g/mol. The third-order valence-corrected chi connectivity index (χ3v) is 3.87. The lowest BCUT2D eigenvalue weighted by Gasteiger charge is -2.25. The highest BCUT2D eigenvalue weighted by Gasteiger charge is 2.43. The second kappa shape index (κ2) is 5.32. The van der Waals surface area contributed by atoms with E-state index in [4.69, 9.17) is 0 Å². The van der Waals surface area contributed by atoms with Gasteiger partial charge in [-0.2, -0.15) is 0 Å². The Hall–Kier alpha value is -2.16. The van der Waals surface area contributed by atoms with Crippen LogP contribution >= 0.6 is 0 Å². The summed E-state index contributed by atoms with van der Waals surface area (Å²) in [5.74, 6) is -1.47. The number of hydrogen-bond donors (Lipinski definition) is 1. The average molecular weight is 284 g/mol. The van der Waals surface area contributed by atoms with Crippen molar-refractivity contribution in [1.82, 2.24) is 0 Å². The molecule has 0 saturated carbocycles. The topological polar surface area (TPSA) is 54.4 Å². The molecule has 1 aliphatic carbocycles. The van der Waals surface area contributed by atoms with Gasteiger partial charge in [0.05, 0.1) is 0 Å². The lowest BCUT2D eigenvalue weighted by molar-refractivity contribution is -0.143. The first kappa shape index (κ1) is 15.2. The number of carboxylic acid groups (broad SMARTS) is 1. The molecule has 1 aromatic rings. The molecule has 0 saturated heterocycles. The number of aliphatic carboxylic acids is 1. The summed E-state index contributed by atoms with van der Waals surface area (Å²) in [6, 6.07) is 7.23. The fourth-order valence-electron chi connectivity index (χ4n) is 2.42. The van der Waals surface area contributed by atoms with Crippen LogP contribution in [0.4, 0.5) is 0 Å². The van der Waals surface area contributed by atoms with Gasteiger partial charge in [-0.05, 0) is 17.4 Å². The maximum absolute atomic E-state index is 12.7. The van der Waals surface area contributed by atoms with Crippen LogP contribution < -0.4 is 0 Å². The molecule has 0 aromatic heterocycles. The van der Waals surface area contributed by atoms with Crippen LogP contribution in [-0.2, 0) is 10.2 Å². The molecule has 0 radical (unpaired) electrons. The normalized spacial score (nSPS) is 21.3. The molecule has 21 heavy (non-hydrogen) atoms. The van der Waals surface area contributed by atoms with Gasteiger partial charge in [-0.3, -0.25) is 9.59 Å². The van der Waals surface area contributed by atoms with Gasteiger partial charge in [-0.1, -0.05) is 69.3 Å². The van der Waals surface area contributed by atoms with Gasteiger partial charge >= 0.3 is 5.97 Å². The van der Waals surface area contributed by atoms with Gasteiger partial charge in [0, 0.05) is 5.56 Å². The van der Waals surface area contributed by atoms with Gasteiger partial charge in [0.15, 0.2) is 11.2 Å². The summed E-state index contributed by atoms with van der Waals surface area (Å²) in [6.07, 6.45) is 6.78. The van der Waals surface area contributed by atoms with Gasteiger partial charge in [-0.25, -0.2) is 0 Å². The first-order valence-corrected chi connectivity index (χ1v) is 7.00. The molecule has 3 nitrogen and oxygen atoms in total. The van der Waals surface area contributed by atoms with Crippen molar-refractivity contribution in [3.8, 4) is 0 Å². The highest BCUT2D eigenvalue weighted by Crippen LogP contribution is 2.33. The van der Waals surface area contributed by atoms with Crippen LogP contribution in [0.2, 0.25) is 0 Å². The molecule has 0 spiro atoms. The summed E-state index contributed by atoms with van der Waals surface area (Å²) in [5, 5.41) is 9.50. The fraction of sp³-hybridized carbons (Fsp3) is 0.333. The zero-order valence-corrected chi connectivity index (χ0v) is 12.6. The number of benzene rings is 1. The van der Waals surface area contributed by atoms with Crippen molar-refractivity contribution >= 4 is 11.8 Å². The van der Waals surface area contributed by atoms with E-state index in [0.29, 0.717) is 5.56 Å². The largest absolute Gasteiger partial charge is 0.480 e. The minimum Gasteiger partial charge on any atom is -0.480 e. The Morgan fingerprint density at radius 1 is 1.10 bits per heavy atom. The molecule has 2 rings (SSSR count). The van der Waals surface area contributed by atoms with E-state index < -0.39 is 11.4 Å². The van der Waals surface area contributed by atoms with E-state index in [2.05, 4.69) is 20.8 Å². The maximum atomic E-state index is 12.7. The lowest BCUT2D eigenvalue weighted by atomic mass is 9.75. The Morgan fingerprint density at radius 2 is 1.71 bits per heavy atom. The Labute approximate surface area is 125 Å². The Bertz CT molecular complexity index is 615. The van der Waals surface area contributed by atoms with E-state index >= 15 is 0 Å². The van der Waals surface area contributed by atoms with Crippen LogP contribution in [0.1, 0.15) is 43.1 Å². The Morgan fingerprint density at radius 3 is 2.14 bits per heavy atom. The van der Waals surface area contributed by atoms with Gasteiger partial charge < -0.3 is 5.11 Å². The average Bonchev–Trinajstić information content (AvgIpc) is 2.46. The van der Waals surface area contributed by atoms with E-state index in [1.165, 1.54) is 6.08 Å². The van der Waals surface area contributed by atoms with E-state index in [1.54, 1.807) is 30.4 Å². The summed E-state index contributed by atoms with van der Waals surface area (Å²) in [6.45, 7) is 6.28. The second-order valence-electron chi connectivity index (χ2n) is 6.42. The first-order chi connectivity index (χ1) is 9.77. The van der Waals surface area contributed by atoms with Gasteiger partial charge in [-0.15, -0.1) is 0 Å². The molecule has 1 aliphatic rings. The van der Waals surface area contributed by atoms with Crippen LogP contribution in [0.3, 0.4) is 0 Å². The molecule has 110 valence electrons. The molecule has 0 bridgehead atoms. The molecule has 1 atom stereocenters. The van der Waals surface area contributed by atoms with Crippen LogP contribution in [0.5, 0.6) is 0 Å². The van der Waals surface area contributed by atoms with Crippen molar-refractivity contribution in [2.45, 2.75) is 32.6 Å². The molecule has 0 aliphatic heterocycles. The second-order valence-corrected chi connectivity index (χ2v) is 6.42. The third-order valence-electron chi connectivity index (χ3n) is 3.87. The summed E-state index contributed by atoms with van der Waals surface area (Å²) < 4.78 is 0. The molecule has 1 unspecified atom stereocenters. The highest BCUT2D eigenvalue weighted by molar-refractivity contribution is 6.14. The minimum absolute atomic E-state index is 0.000455. The summed E-state index contributed by atoms with van der Waals surface area (Å²) in [4.78, 5) is 24.3. The number of carbonyl (C=O) groups excluding carboxylic acids is 1. The predicted molar refractivity (Wildman–Crippen MR) is 82.4 cm³/mol. The molecule has 1 aromatic carbocycles. The number of carboxylic acids is 1. The monoisotopic (exact) mass is 284 g/mol. The van der Waals surface area contributed by atoms with Crippen LogP contribution in [-0.4, -0.2) is 16.9 Å². The smallest absolute Gasteiger partial charge is 0.321 e. The number of Topliss-reactive ketones (excluding diaryl/α,β-unsaturated/α-hetero) is 1. The number of ketones is 1. The molecule has 3 heteroatoms. The highest BCUT2D eigenvalue weighted by atomic mass is 16.4.